The van der Waals surface area contributed by atoms with Crippen molar-refractivity contribution in [3.63, 3.8) is 0 Å². The Labute approximate surface area is 140 Å². The second kappa shape index (κ2) is 7.84. The Hall–Kier alpha value is -1.52. The summed E-state index contributed by atoms with van der Waals surface area (Å²) in [5.74, 6) is 0.0457. The molecule has 0 radical (unpaired) electrons. The van der Waals surface area contributed by atoms with Gasteiger partial charge in [0.05, 0.1) is 6.04 Å². The van der Waals surface area contributed by atoms with E-state index in [2.05, 4.69) is 10.6 Å². The number of carbonyl (C=O) groups is 2. The first-order valence-electron chi connectivity index (χ1n) is 8.46. The van der Waals surface area contributed by atoms with Crippen molar-refractivity contribution in [2.24, 2.45) is 5.41 Å². The molecule has 23 heavy (non-hydrogen) atoms. The zero-order valence-electron chi connectivity index (χ0n) is 15.4. The third-order valence-corrected chi connectivity index (χ3v) is 3.56. The molecule has 2 N–H and O–H groups in total. The lowest BCUT2D eigenvalue weighted by Gasteiger charge is -2.26. The number of alkyl carbamates (subject to hydrolysis) is 1. The van der Waals surface area contributed by atoms with Gasteiger partial charge < -0.3 is 15.4 Å². The molecule has 0 saturated carbocycles. The number of rotatable bonds is 2. The smallest absolute Gasteiger partial charge is 0.408 e. The van der Waals surface area contributed by atoms with Crippen LogP contribution in [0.15, 0.2) is 12.2 Å². The summed E-state index contributed by atoms with van der Waals surface area (Å²) in [5, 5.41) is 5.96. The fourth-order valence-corrected chi connectivity index (χ4v) is 2.27. The van der Waals surface area contributed by atoms with E-state index in [1.807, 2.05) is 53.7 Å². The molecule has 0 fully saturated rings. The SMILES string of the molecule is CC(C)(C)OC(=O)NC1/C=C/C(NC(=O)C(C)(C)C)CCCC1. The number of amides is 2. The molecule has 5 heteroatoms. The number of ether oxygens (including phenoxy) is 1. The summed E-state index contributed by atoms with van der Waals surface area (Å²) in [7, 11) is 0. The highest BCUT2D eigenvalue weighted by Crippen LogP contribution is 2.17. The lowest BCUT2D eigenvalue weighted by atomic mass is 9.94. The van der Waals surface area contributed by atoms with Crippen LogP contribution in [0.2, 0.25) is 0 Å². The summed E-state index contributed by atoms with van der Waals surface area (Å²) < 4.78 is 5.29. The van der Waals surface area contributed by atoms with Crippen molar-refractivity contribution in [2.45, 2.75) is 84.9 Å². The van der Waals surface area contributed by atoms with Crippen LogP contribution in [0.1, 0.15) is 67.2 Å². The largest absolute Gasteiger partial charge is 0.444 e. The molecule has 0 spiro atoms. The van der Waals surface area contributed by atoms with E-state index in [1.165, 1.54) is 0 Å². The van der Waals surface area contributed by atoms with E-state index in [9.17, 15) is 9.59 Å². The maximum Gasteiger partial charge on any atom is 0.408 e. The predicted molar refractivity (Wildman–Crippen MR) is 92.2 cm³/mol. The Kier molecular flexibility index (Phi) is 6.66. The molecule has 0 heterocycles. The van der Waals surface area contributed by atoms with Gasteiger partial charge in [-0.25, -0.2) is 4.79 Å². The fraction of sp³-hybridized carbons (Fsp3) is 0.778. The molecule has 5 nitrogen and oxygen atoms in total. The molecule has 0 aliphatic heterocycles. The Bertz CT molecular complexity index is 444. The quantitative estimate of drug-likeness (QED) is 0.763. The Morgan fingerprint density at radius 2 is 1.39 bits per heavy atom. The number of hydrogen-bond acceptors (Lipinski definition) is 3. The predicted octanol–water partition coefficient (Wildman–Crippen LogP) is 3.54. The number of hydrogen-bond donors (Lipinski definition) is 2. The van der Waals surface area contributed by atoms with E-state index in [0.717, 1.165) is 25.7 Å². The van der Waals surface area contributed by atoms with E-state index < -0.39 is 17.1 Å². The van der Waals surface area contributed by atoms with Gasteiger partial charge in [0.25, 0.3) is 0 Å². The van der Waals surface area contributed by atoms with E-state index in [-0.39, 0.29) is 18.0 Å². The van der Waals surface area contributed by atoms with Crippen LogP contribution in [0.5, 0.6) is 0 Å². The maximum absolute atomic E-state index is 12.1. The Balaban J connectivity index is 2.61. The van der Waals surface area contributed by atoms with Crippen molar-refractivity contribution in [1.29, 1.82) is 0 Å². The van der Waals surface area contributed by atoms with Crippen molar-refractivity contribution in [3.05, 3.63) is 12.2 Å². The van der Waals surface area contributed by atoms with Gasteiger partial charge in [-0.05, 0) is 33.6 Å². The zero-order valence-corrected chi connectivity index (χ0v) is 15.4. The van der Waals surface area contributed by atoms with Crippen molar-refractivity contribution >= 4 is 12.0 Å². The van der Waals surface area contributed by atoms with Crippen LogP contribution < -0.4 is 10.6 Å². The van der Waals surface area contributed by atoms with Gasteiger partial charge >= 0.3 is 6.09 Å². The fourth-order valence-electron chi connectivity index (χ4n) is 2.27. The van der Waals surface area contributed by atoms with Gasteiger partial charge in [-0.15, -0.1) is 0 Å². The first-order chi connectivity index (χ1) is 10.5. The highest BCUT2D eigenvalue weighted by atomic mass is 16.6. The van der Waals surface area contributed by atoms with Crippen LogP contribution in [0, 0.1) is 5.41 Å². The van der Waals surface area contributed by atoms with E-state index in [0.29, 0.717) is 0 Å². The van der Waals surface area contributed by atoms with Crippen LogP contribution in [0.3, 0.4) is 0 Å². The highest BCUT2D eigenvalue weighted by Gasteiger charge is 2.24. The van der Waals surface area contributed by atoms with Crippen LogP contribution >= 0.6 is 0 Å². The molecule has 132 valence electrons. The van der Waals surface area contributed by atoms with Gasteiger partial charge in [0.15, 0.2) is 0 Å². The van der Waals surface area contributed by atoms with Gasteiger partial charge in [0.2, 0.25) is 5.91 Å². The Morgan fingerprint density at radius 1 is 0.913 bits per heavy atom. The van der Waals surface area contributed by atoms with E-state index >= 15 is 0 Å². The molecule has 2 amide bonds. The summed E-state index contributed by atoms with van der Waals surface area (Å²) in [6, 6.07) is -0.0378. The average molecular weight is 324 g/mol. The van der Waals surface area contributed by atoms with Gasteiger partial charge in [0, 0.05) is 11.5 Å². The van der Waals surface area contributed by atoms with Gasteiger partial charge in [-0.1, -0.05) is 45.8 Å². The van der Waals surface area contributed by atoms with Crippen LogP contribution in [-0.4, -0.2) is 29.7 Å². The molecule has 0 aromatic heterocycles. The van der Waals surface area contributed by atoms with Gasteiger partial charge in [-0.3, -0.25) is 4.79 Å². The molecule has 0 aromatic carbocycles. The molecular formula is C18H32N2O3. The van der Waals surface area contributed by atoms with E-state index in [1.54, 1.807) is 0 Å². The first kappa shape index (κ1) is 19.5. The molecule has 1 rings (SSSR count). The minimum absolute atomic E-state index is 0.0185. The van der Waals surface area contributed by atoms with Crippen LogP contribution in [0.4, 0.5) is 4.79 Å². The molecule has 0 bridgehead atoms. The van der Waals surface area contributed by atoms with Crippen molar-refractivity contribution in [3.8, 4) is 0 Å². The lowest BCUT2D eigenvalue weighted by Crippen LogP contribution is -2.42. The zero-order chi connectivity index (χ0) is 17.7. The molecule has 1 aliphatic carbocycles. The number of nitrogens with one attached hydrogen (secondary N) is 2. The molecule has 2 atom stereocenters. The Morgan fingerprint density at radius 3 is 1.83 bits per heavy atom. The summed E-state index contributed by atoms with van der Waals surface area (Å²) in [6.07, 6.45) is 7.40. The second-order valence-corrected chi connectivity index (χ2v) is 8.25. The lowest BCUT2D eigenvalue weighted by molar-refractivity contribution is -0.129. The highest BCUT2D eigenvalue weighted by molar-refractivity contribution is 5.81. The first-order valence-corrected chi connectivity index (χ1v) is 8.46. The topological polar surface area (TPSA) is 67.4 Å². The third kappa shape index (κ3) is 8.05. The van der Waals surface area contributed by atoms with Crippen molar-refractivity contribution in [2.75, 3.05) is 0 Å². The van der Waals surface area contributed by atoms with Crippen LogP contribution in [0.25, 0.3) is 0 Å². The monoisotopic (exact) mass is 324 g/mol. The molecule has 2 unspecified atom stereocenters. The molecule has 1 aliphatic rings. The van der Waals surface area contributed by atoms with Gasteiger partial charge in [-0.2, -0.15) is 0 Å². The maximum atomic E-state index is 12.1. The minimum Gasteiger partial charge on any atom is -0.444 e. The minimum atomic E-state index is -0.501. The van der Waals surface area contributed by atoms with Crippen LogP contribution in [-0.2, 0) is 9.53 Å². The summed E-state index contributed by atoms with van der Waals surface area (Å²) in [4.78, 5) is 24.0. The standard InChI is InChI=1S/C18H32N2O3/c1-17(2,3)15(21)19-13-9-7-8-10-14(12-11-13)20-16(22)23-18(4,5)6/h11-14H,7-10H2,1-6H3,(H,19,21)(H,20,22)/b12-11+. The molecule has 0 saturated heterocycles. The van der Waals surface area contributed by atoms with E-state index in [4.69, 9.17) is 4.74 Å². The molecular weight excluding hydrogens is 292 g/mol. The van der Waals surface area contributed by atoms with Crippen molar-refractivity contribution in [1.82, 2.24) is 10.6 Å². The third-order valence-electron chi connectivity index (χ3n) is 3.56. The average Bonchev–Trinajstić information content (AvgIpc) is 2.33. The van der Waals surface area contributed by atoms with Crippen molar-refractivity contribution < 1.29 is 14.3 Å². The summed E-state index contributed by atoms with van der Waals surface area (Å²) >= 11 is 0. The second-order valence-electron chi connectivity index (χ2n) is 8.25. The summed E-state index contributed by atoms with van der Waals surface area (Å²) in [5.41, 5.74) is -0.900. The normalized spacial score (nSPS) is 24.1. The van der Waals surface area contributed by atoms with Gasteiger partial charge in [0.1, 0.15) is 5.60 Å². The molecule has 0 aromatic rings. The number of carbonyl (C=O) groups excluding carboxylic acids is 2. The summed E-state index contributed by atoms with van der Waals surface area (Å²) in [6.45, 7) is 11.3.